The minimum absolute atomic E-state index is 0.181. The zero-order chi connectivity index (χ0) is 11.7. The molecule has 0 amide bonds. The van der Waals surface area contributed by atoms with E-state index in [1.165, 1.54) is 18.4 Å². The summed E-state index contributed by atoms with van der Waals surface area (Å²) in [6, 6.07) is 0. The van der Waals surface area contributed by atoms with Crippen LogP contribution in [0.4, 0.5) is 0 Å². The normalized spacial score (nSPS) is 21.0. The van der Waals surface area contributed by atoms with E-state index in [1.54, 1.807) is 6.92 Å². The van der Waals surface area contributed by atoms with Crippen LogP contribution < -0.4 is 0 Å². The van der Waals surface area contributed by atoms with Crippen LogP contribution in [0.15, 0.2) is 11.6 Å². The maximum Gasteiger partial charge on any atom is 0.135 e. The van der Waals surface area contributed by atoms with Crippen LogP contribution in [0.1, 0.15) is 60.3 Å². The predicted octanol–water partition coefficient (Wildman–Crippen LogP) is 4.13. The Kier molecular flexibility index (Phi) is 3.42. The number of allylic oxidation sites excluding steroid dienone is 2. The fourth-order valence-corrected chi connectivity index (χ4v) is 2.27. The molecule has 0 spiro atoms. The standard InChI is InChI=1S/C14H24O/c1-11(15)14(4,5)10-12-7-6-8-13(2,3)9-12/h7H,6,8-10H2,1-5H3. The SMILES string of the molecule is CC(=O)C(C)(C)CC1=CCCC(C)(C)C1. The summed E-state index contributed by atoms with van der Waals surface area (Å²) in [5.41, 5.74) is 1.72. The van der Waals surface area contributed by atoms with E-state index in [2.05, 4.69) is 33.8 Å². The lowest BCUT2D eigenvalue weighted by Gasteiger charge is -2.33. The average molecular weight is 208 g/mol. The molecular weight excluding hydrogens is 184 g/mol. The van der Waals surface area contributed by atoms with Gasteiger partial charge in [-0.2, -0.15) is 0 Å². The molecule has 86 valence electrons. The first kappa shape index (κ1) is 12.5. The van der Waals surface area contributed by atoms with E-state index in [0.29, 0.717) is 11.2 Å². The fraction of sp³-hybridized carbons (Fsp3) is 0.786. The average Bonchev–Trinajstić information content (AvgIpc) is 2.00. The highest BCUT2D eigenvalue weighted by Crippen LogP contribution is 2.39. The van der Waals surface area contributed by atoms with Gasteiger partial charge >= 0.3 is 0 Å². The van der Waals surface area contributed by atoms with Crippen molar-refractivity contribution < 1.29 is 4.79 Å². The van der Waals surface area contributed by atoms with Crippen LogP contribution in [0, 0.1) is 10.8 Å². The number of hydrogen-bond donors (Lipinski definition) is 0. The molecule has 1 rings (SSSR count). The Morgan fingerprint density at radius 2 is 2.07 bits per heavy atom. The number of Topliss-reactive ketones (excluding diaryl/α,β-unsaturated/α-hetero) is 1. The maximum absolute atomic E-state index is 11.5. The number of carbonyl (C=O) groups excluding carboxylic acids is 1. The summed E-state index contributed by atoms with van der Waals surface area (Å²) in [5.74, 6) is 0.298. The van der Waals surface area contributed by atoms with Crippen molar-refractivity contribution >= 4 is 5.78 Å². The molecule has 1 heteroatoms. The number of rotatable bonds is 3. The lowest BCUT2D eigenvalue weighted by molar-refractivity contribution is -0.124. The summed E-state index contributed by atoms with van der Waals surface area (Å²) in [5, 5.41) is 0. The topological polar surface area (TPSA) is 17.1 Å². The maximum atomic E-state index is 11.5. The van der Waals surface area contributed by atoms with Gasteiger partial charge in [-0.3, -0.25) is 4.79 Å². The molecule has 0 saturated carbocycles. The van der Waals surface area contributed by atoms with Crippen molar-refractivity contribution in [3.05, 3.63) is 11.6 Å². The van der Waals surface area contributed by atoms with Gasteiger partial charge in [-0.15, -0.1) is 0 Å². The lowest BCUT2D eigenvalue weighted by Crippen LogP contribution is -2.25. The molecule has 0 saturated heterocycles. The Balaban J connectivity index is 2.67. The summed E-state index contributed by atoms with van der Waals surface area (Å²) in [6.45, 7) is 10.5. The first-order valence-corrected chi connectivity index (χ1v) is 5.92. The second-order valence-corrected chi connectivity index (χ2v) is 6.36. The van der Waals surface area contributed by atoms with Crippen LogP contribution in [0.25, 0.3) is 0 Å². The predicted molar refractivity (Wildman–Crippen MR) is 64.8 cm³/mol. The second-order valence-electron chi connectivity index (χ2n) is 6.36. The van der Waals surface area contributed by atoms with Gasteiger partial charge in [-0.05, 0) is 38.0 Å². The van der Waals surface area contributed by atoms with Gasteiger partial charge in [0.05, 0.1) is 0 Å². The van der Waals surface area contributed by atoms with Crippen LogP contribution in [0.5, 0.6) is 0 Å². The molecule has 0 aromatic heterocycles. The van der Waals surface area contributed by atoms with Crippen LogP contribution >= 0.6 is 0 Å². The fourth-order valence-electron chi connectivity index (χ4n) is 2.27. The highest BCUT2D eigenvalue weighted by molar-refractivity contribution is 5.81. The van der Waals surface area contributed by atoms with Gasteiger partial charge in [0.1, 0.15) is 5.78 Å². The zero-order valence-corrected chi connectivity index (χ0v) is 10.8. The quantitative estimate of drug-likeness (QED) is 0.637. The van der Waals surface area contributed by atoms with E-state index in [1.807, 2.05) is 0 Å². The van der Waals surface area contributed by atoms with Gasteiger partial charge in [0.2, 0.25) is 0 Å². The minimum atomic E-state index is -0.181. The highest BCUT2D eigenvalue weighted by atomic mass is 16.1. The van der Waals surface area contributed by atoms with Gasteiger partial charge in [-0.1, -0.05) is 39.3 Å². The van der Waals surface area contributed by atoms with Gasteiger partial charge < -0.3 is 0 Å². The third kappa shape index (κ3) is 3.48. The smallest absolute Gasteiger partial charge is 0.135 e. The van der Waals surface area contributed by atoms with E-state index >= 15 is 0 Å². The molecule has 0 radical (unpaired) electrons. The van der Waals surface area contributed by atoms with Crippen LogP contribution in [-0.4, -0.2) is 5.78 Å². The Morgan fingerprint density at radius 3 is 2.53 bits per heavy atom. The largest absolute Gasteiger partial charge is 0.299 e. The molecule has 0 aromatic rings. The van der Waals surface area contributed by atoms with E-state index < -0.39 is 0 Å². The third-order valence-electron chi connectivity index (χ3n) is 3.58. The summed E-state index contributed by atoms with van der Waals surface area (Å²) in [4.78, 5) is 11.5. The van der Waals surface area contributed by atoms with E-state index in [0.717, 1.165) is 12.8 Å². The number of ketones is 1. The summed E-state index contributed by atoms with van der Waals surface area (Å²) in [6.07, 6.45) is 6.89. The van der Waals surface area contributed by atoms with E-state index in [-0.39, 0.29) is 5.41 Å². The van der Waals surface area contributed by atoms with Gasteiger partial charge in [0, 0.05) is 5.41 Å². The van der Waals surface area contributed by atoms with E-state index in [9.17, 15) is 4.79 Å². The summed E-state index contributed by atoms with van der Waals surface area (Å²) < 4.78 is 0. The van der Waals surface area contributed by atoms with Crippen molar-refractivity contribution in [1.82, 2.24) is 0 Å². The van der Waals surface area contributed by atoms with Crippen molar-refractivity contribution in [2.75, 3.05) is 0 Å². The van der Waals surface area contributed by atoms with Crippen LogP contribution in [0.3, 0.4) is 0 Å². The molecule has 0 unspecified atom stereocenters. The van der Waals surface area contributed by atoms with Gasteiger partial charge in [0.15, 0.2) is 0 Å². The molecule has 1 aliphatic rings. The molecule has 0 atom stereocenters. The Bertz CT molecular complexity index is 282. The Hall–Kier alpha value is -0.590. The molecular formula is C14H24O. The Labute approximate surface area is 93.9 Å². The molecule has 1 nitrogen and oxygen atoms in total. The van der Waals surface area contributed by atoms with Gasteiger partial charge in [0.25, 0.3) is 0 Å². The van der Waals surface area contributed by atoms with Crippen molar-refractivity contribution in [2.45, 2.75) is 60.3 Å². The zero-order valence-electron chi connectivity index (χ0n) is 10.8. The van der Waals surface area contributed by atoms with Crippen molar-refractivity contribution in [2.24, 2.45) is 10.8 Å². The lowest BCUT2D eigenvalue weighted by atomic mass is 9.72. The van der Waals surface area contributed by atoms with Crippen molar-refractivity contribution in [1.29, 1.82) is 0 Å². The first-order chi connectivity index (χ1) is 6.73. The molecule has 0 heterocycles. The monoisotopic (exact) mass is 208 g/mol. The summed E-state index contributed by atoms with van der Waals surface area (Å²) >= 11 is 0. The molecule has 0 aliphatic heterocycles. The van der Waals surface area contributed by atoms with Crippen molar-refractivity contribution in [3.63, 3.8) is 0 Å². The molecule has 0 aromatic carbocycles. The molecule has 0 fully saturated rings. The number of hydrogen-bond acceptors (Lipinski definition) is 1. The van der Waals surface area contributed by atoms with Crippen LogP contribution in [-0.2, 0) is 4.79 Å². The highest BCUT2D eigenvalue weighted by Gasteiger charge is 2.29. The molecule has 15 heavy (non-hydrogen) atoms. The number of carbonyl (C=O) groups is 1. The minimum Gasteiger partial charge on any atom is -0.299 e. The third-order valence-corrected chi connectivity index (χ3v) is 3.58. The Morgan fingerprint density at radius 1 is 1.47 bits per heavy atom. The molecule has 1 aliphatic carbocycles. The van der Waals surface area contributed by atoms with Crippen molar-refractivity contribution in [3.8, 4) is 0 Å². The second kappa shape index (κ2) is 4.11. The molecule has 0 bridgehead atoms. The van der Waals surface area contributed by atoms with Crippen LogP contribution in [0.2, 0.25) is 0 Å². The van der Waals surface area contributed by atoms with E-state index in [4.69, 9.17) is 0 Å². The summed E-state index contributed by atoms with van der Waals surface area (Å²) in [7, 11) is 0. The van der Waals surface area contributed by atoms with Gasteiger partial charge in [-0.25, -0.2) is 0 Å². The molecule has 0 N–H and O–H groups in total. The first-order valence-electron chi connectivity index (χ1n) is 5.92.